The van der Waals surface area contributed by atoms with Gasteiger partial charge in [0.1, 0.15) is 11.5 Å². The van der Waals surface area contributed by atoms with Gasteiger partial charge in [0.05, 0.1) is 52.3 Å². The topological polar surface area (TPSA) is 118 Å². The number of aromatic nitrogens is 2. The number of nitrogens with one attached hydrogen (secondary N) is 3. The van der Waals surface area contributed by atoms with Crippen molar-refractivity contribution in [3.63, 3.8) is 0 Å². The van der Waals surface area contributed by atoms with Crippen molar-refractivity contribution in [1.82, 2.24) is 25.9 Å². The molecule has 1 aliphatic rings. The summed E-state index contributed by atoms with van der Waals surface area (Å²) in [4.78, 5) is 21.1. The molecule has 50 heavy (non-hydrogen) atoms. The zero-order valence-corrected chi connectivity index (χ0v) is 30.2. The van der Waals surface area contributed by atoms with Crippen LogP contribution in [0.2, 0.25) is 15.1 Å². The Labute approximate surface area is 306 Å². The number of aliphatic hydroxyl groups excluding tert-OH is 1. The summed E-state index contributed by atoms with van der Waals surface area (Å²) in [6.45, 7) is 3.91. The van der Waals surface area contributed by atoms with Crippen molar-refractivity contribution in [3.8, 4) is 45.1 Å². The van der Waals surface area contributed by atoms with Crippen LogP contribution >= 0.6 is 34.8 Å². The molecule has 0 aliphatic carbocycles. The monoisotopic (exact) mass is 733 g/mol. The maximum Gasteiger partial charge on any atom is 0.220 e. The van der Waals surface area contributed by atoms with Crippen LogP contribution in [0.25, 0.3) is 44.5 Å². The normalized spacial score (nSPS) is 14.9. The van der Waals surface area contributed by atoms with Gasteiger partial charge >= 0.3 is 0 Å². The number of benzene rings is 3. The summed E-state index contributed by atoms with van der Waals surface area (Å²) in [5, 5.41) is 21.4. The minimum Gasteiger partial charge on any atom is -0.496 e. The Bertz CT molecular complexity index is 2040. The van der Waals surface area contributed by atoms with Crippen LogP contribution in [0.15, 0.2) is 66.9 Å². The molecule has 6 rings (SSSR count). The average molecular weight is 735 g/mol. The quantitative estimate of drug-likeness (QED) is 0.0987. The van der Waals surface area contributed by atoms with E-state index in [9.17, 15) is 9.90 Å². The zero-order valence-electron chi connectivity index (χ0n) is 27.9. The Hall–Kier alpha value is -3.96. The van der Waals surface area contributed by atoms with E-state index in [4.69, 9.17) is 49.3 Å². The lowest BCUT2D eigenvalue weighted by molar-refractivity contribution is -0.119. The predicted octanol–water partition coefficient (Wildman–Crippen LogP) is 7.45. The molecule has 12 heteroatoms. The van der Waals surface area contributed by atoms with E-state index in [1.165, 1.54) is 0 Å². The predicted molar refractivity (Wildman–Crippen MR) is 200 cm³/mol. The number of aliphatic hydroxyl groups is 1. The van der Waals surface area contributed by atoms with Crippen molar-refractivity contribution in [2.24, 2.45) is 0 Å². The third-order valence-electron chi connectivity index (χ3n) is 8.72. The van der Waals surface area contributed by atoms with Gasteiger partial charge in [0.2, 0.25) is 5.91 Å². The number of carbonyl (C=O) groups excluding carboxylic acids is 1. The van der Waals surface area contributed by atoms with Crippen LogP contribution in [0.5, 0.6) is 11.5 Å². The van der Waals surface area contributed by atoms with Crippen LogP contribution in [0.4, 0.5) is 0 Å². The molecule has 3 heterocycles. The van der Waals surface area contributed by atoms with Gasteiger partial charge in [-0.3, -0.25) is 9.78 Å². The van der Waals surface area contributed by atoms with Crippen LogP contribution in [-0.4, -0.2) is 60.4 Å². The fraction of sp³-hybridized carbons (Fsp3) is 0.289. The summed E-state index contributed by atoms with van der Waals surface area (Å²) in [5.74, 6) is 1.47. The zero-order chi connectivity index (χ0) is 35.4. The molecule has 2 atom stereocenters. The van der Waals surface area contributed by atoms with Crippen LogP contribution in [0, 0.1) is 0 Å². The standard InChI is InChI=1S/C38H38Cl3N5O4/c1-21(47)17-42-19-24-15-30(39)37-29(38(24)50-3)10-11-31(46-37)28-6-4-5-26(34(28)40)27-13-14-44-36(35(27)41)22-7-8-23(32(16-22)49-2)18-43-20-25-9-12-33(48)45-25/h4-8,10-11,13-16,21,25,42-43,47H,9,12,17-20H2,1-3H3,(H,45,48)/t21-,25+/m0/s1. The highest BCUT2D eigenvalue weighted by molar-refractivity contribution is 6.39. The fourth-order valence-corrected chi connectivity index (χ4v) is 7.19. The highest BCUT2D eigenvalue weighted by atomic mass is 35.5. The van der Waals surface area contributed by atoms with Crippen molar-refractivity contribution < 1.29 is 19.4 Å². The number of pyridine rings is 2. The number of ether oxygens (including phenoxy) is 2. The van der Waals surface area contributed by atoms with Crippen molar-refractivity contribution in [2.45, 2.75) is 45.0 Å². The molecule has 0 bridgehead atoms. The number of hydrogen-bond donors (Lipinski definition) is 4. The van der Waals surface area contributed by atoms with Crippen molar-refractivity contribution >= 4 is 51.6 Å². The highest BCUT2D eigenvalue weighted by Crippen LogP contribution is 2.43. The van der Waals surface area contributed by atoms with Gasteiger partial charge in [0.25, 0.3) is 0 Å². The Morgan fingerprint density at radius 2 is 1.72 bits per heavy atom. The van der Waals surface area contributed by atoms with Gasteiger partial charge in [-0.15, -0.1) is 0 Å². The van der Waals surface area contributed by atoms with Gasteiger partial charge in [-0.2, -0.15) is 0 Å². The number of halogens is 3. The third-order valence-corrected chi connectivity index (χ3v) is 9.80. The van der Waals surface area contributed by atoms with Crippen LogP contribution in [0.3, 0.4) is 0 Å². The van der Waals surface area contributed by atoms with E-state index in [1.54, 1.807) is 27.3 Å². The maximum absolute atomic E-state index is 11.5. The molecule has 5 aromatic rings. The lowest BCUT2D eigenvalue weighted by atomic mass is 9.99. The molecule has 9 nitrogen and oxygen atoms in total. The second-order valence-electron chi connectivity index (χ2n) is 12.3. The molecule has 1 fully saturated rings. The Morgan fingerprint density at radius 1 is 0.940 bits per heavy atom. The molecule has 1 saturated heterocycles. The first kappa shape index (κ1) is 35.9. The lowest BCUT2D eigenvalue weighted by Gasteiger charge is -2.16. The third kappa shape index (κ3) is 7.68. The van der Waals surface area contributed by atoms with E-state index in [2.05, 4.69) is 20.9 Å². The summed E-state index contributed by atoms with van der Waals surface area (Å²) in [5.41, 5.74) is 6.64. The summed E-state index contributed by atoms with van der Waals surface area (Å²) in [7, 11) is 3.25. The molecule has 0 radical (unpaired) electrons. The van der Waals surface area contributed by atoms with E-state index in [-0.39, 0.29) is 11.9 Å². The van der Waals surface area contributed by atoms with Gasteiger partial charge in [-0.1, -0.05) is 65.1 Å². The molecule has 1 amide bonds. The van der Waals surface area contributed by atoms with Crippen molar-refractivity contribution in [3.05, 3.63) is 93.1 Å². The van der Waals surface area contributed by atoms with E-state index in [0.29, 0.717) is 81.6 Å². The number of methoxy groups -OCH3 is 2. The first-order valence-corrected chi connectivity index (χ1v) is 17.5. The molecule has 3 aromatic carbocycles. The lowest BCUT2D eigenvalue weighted by Crippen LogP contribution is -2.35. The SMILES string of the molecule is COc1cc(-c2nccc(-c3cccc(-c4ccc5c(OC)c(CNC[C@H](C)O)cc(Cl)c5n4)c3Cl)c2Cl)ccc1CNC[C@H]1CCC(=O)N1. The first-order valence-electron chi connectivity index (χ1n) is 16.3. The molecule has 0 spiro atoms. The minimum atomic E-state index is -0.474. The second kappa shape index (κ2) is 15.9. The van der Waals surface area contributed by atoms with Gasteiger partial charge in [-0.25, -0.2) is 4.98 Å². The number of rotatable bonds is 13. The summed E-state index contributed by atoms with van der Waals surface area (Å²) in [6.07, 6.45) is 2.65. The molecule has 0 unspecified atom stereocenters. The minimum absolute atomic E-state index is 0.100. The fourth-order valence-electron chi connectivity index (χ4n) is 6.26. The first-order chi connectivity index (χ1) is 24.2. The van der Waals surface area contributed by atoms with Crippen LogP contribution < -0.4 is 25.4 Å². The Kier molecular flexibility index (Phi) is 11.4. The molecule has 4 N–H and O–H groups in total. The molecular weight excluding hydrogens is 697 g/mol. The number of amides is 1. The highest BCUT2D eigenvalue weighted by Gasteiger charge is 2.21. The molecule has 2 aromatic heterocycles. The molecule has 260 valence electrons. The van der Waals surface area contributed by atoms with Crippen molar-refractivity contribution in [1.29, 1.82) is 0 Å². The van der Waals surface area contributed by atoms with E-state index in [1.807, 2.05) is 60.7 Å². The largest absolute Gasteiger partial charge is 0.496 e. The number of fused-ring (bicyclic) bond motifs is 1. The molecule has 0 saturated carbocycles. The molecule has 1 aliphatic heterocycles. The number of hydrogen-bond acceptors (Lipinski definition) is 8. The second-order valence-corrected chi connectivity index (χ2v) is 13.4. The van der Waals surface area contributed by atoms with Crippen LogP contribution in [-0.2, 0) is 17.9 Å². The maximum atomic E-state index is 11.5. The van der Waals surface area contributed by atoms with Gasteiger partial charge in [0.15, 0.2) is 0 Å². The van der Waals surface area contributed by atoms with Crippen molar-refractivity contribution in [2.75, 3.05) is 27.3 Å². The van der Waals surface area contributed by atoms with Gasteiger partial charge < -0.3 is 30.5 Å². The van der Waals surface area contributed by atoms with Gasteiger partial charge in [0, 0.05) is 83.6 Å². The van der Waals surface area contributed by atoms with E-state index < -0.39 is 6.10 Å². The van der Waals surface area contributed by atoms with Crippen LogP contribution in [0.1, 0.15) is 30.9 Å². The molecular formula is C38H38Cl3N5O4. The summed E-state index contributed by atoms with van der Waals surface area (Å²) >= 11 is 21.0. The summed E-state index contributed by atoms with van der Waals surface area (Å²) < 4.78 is 11.5. The number of nitrogens with zero attached hydrogens (tertiary/aromatic N) is 2. The smallest absolute Gasteiger partial charge is 0.220 e. The van der Waals surface area contributed by atoms with E-state index in [0.717, 1.165) is 39.6 Å². The van der Waals surface area contributed by atoms with E-state index >= 15 is 0 Å². The Morgan fingerprint density at radius 3 is 2.46 bits per heavy atom. The van der Waals surface area contributed by atoms with Gasteiger partial charge in [-0.05, 0) is 43.7 Å². The average Bonchev–Trinajstić information content (AvgIpc) is 3.53. The number of carbonyl (C=O) groups is 1. The summed E-state index contributed by atoms with van der Waals surface area (Å²) in [6, 6.07) is 19.3. The Balaban J connectivity index is 1.28.